The van der Waals surface area contributed by atoms with Crippen LogP contribution in [0.15, 0.2) is 11.8 Å². The van der Waals surface area contributed by atoms with Crippen LogP contribution in [0.3, 0.4) is 0 Å². The molecule has 172 valence electrons. The molecule has 0 saturated carbocycles. The quantitative estimate of drug-likeness (QED) is 0.126. The molecule has 0 bridgehead atoms. The molecule has 2 rings (SSSR count). The van der Waals surface area contributed by atoms with Crippen LogP contribution in [0, 0.1) is 0 Å². The van der Waals surface area contributed by atoms with Gasteiger partial charge >= 0.3 is 11.9 Å². The third kappa shape index (κ3) is 6.53. The number of unbranched alkanes of at least 4 members (excludes halogenated alkanes) is 1. The van der Waals surface area contributed by atoms with E-state index in [4.69, 9.17) is 18.9 Å². The van der Waals surface area contributed by atoms with Crippen molar-refractivity contribution >= 4 is 36.3 Å². The second-order valence-electron chi connectivity index (χ2n) is 7.50. The number of hydrogen-bond donors (Lipinski definition) is 2. The summed E-state index contributed by atoms with van der Waals surface area (Å²) in [6.07, 6.45) is 1.63. The zero-order chi connectivity index (χ0) is 22.3. The third-order valence-electron chi connectivity index (χ3n) is 4.68. The van der Waals surface area contributed by atoms with Crippen LogP contribution in [0.25, 0.3) is 0 Å². The number of likely N-dealkylation sites (tertiary alicyclic amines) is 1. The van der Waals surface area contributed by atoms with Crippen molar-refractivity contribution in [1.29, 1.82) is 0 Å². The van der Waals surface area contributed by atoms with Crippen LogP contribution in [0.4, 0.5) is 0 Å². The predicted molar refractivity (Wildman–Crippen MR) is 117 cm³/mol. The van der Waals surface area contributed by atoms with E-state index in [0.717, 1.165) is 24.3 Å². The lowest BCUT2D eigenvalue weighted by Gasteiger charge is -2.42. The van der Waals surface area contributed by atoms with Crippen LogP contribution >= 0.6 is 24.4 Å². The summed E-state index contributed by atoms with van der Waals surface area (Å²) in [5, 5.41) is 10.4. The molecule has 4 atom stereocenters. The van der Waals surface area contributed by atoms with E-state index in [2.05, 4.69) is 12.6 Å². The number of fused-ring (bicyclic) bond motifs is 1. The van der Waals surface area contributed by atoms with Crippen LogP contribution in [0.2, 0.25) is 0 Å². The number of thioether (sulfide) groups is 1. The van der Waals surface area contributed by atoms with E-state index >= 15 is 0 Å². The highest BCUT2D eigenvalue weighted by atomic mass is 32.2. The molecule has 0 aliphatic carbocycles. The SMILES string of the molecule is CCOC(=O)C(=CN1C[C@@H](O)[C@H]2OC(C)(C)O[C@H]2[C@@H]1SCCCCS)C(=O)OCC. The maximum Gasteiger partial charge on any atom is 0.347 e. The van der Waals surface area contributed by atoms with Gasteiger partial charge in [-0.3, -0.25) is 0 Å². The lowest BCUT2D eigenvalue weighted by Crippen LogP contribution is -2.57. The monoisotopic (exact) mass is 463 g/mol. The van der Waals surface area contributed by atoms with Gasteiger partial charge in [-0.1, -0.05) is 0 Å². The fourth-order valence-electron chi connectivity index (χ4n) is 3.45. The number of nitrogens with zero attached hydrogens (tertiary/aromatic N) is 1. The molecule has 1 N–H and O–H groups in total. The summed E-state index contributed by atoms with van der Waals surface area (Å²) in [4.78, 5) is 26.6. The molecule has 30 heavy (non-hydrogen) atoms. The minimum Gasteiger partial charge on any atom is -0.462 e. The molecular weight excluding hydrogens is 430 g/mol. The lowest BCUT2D eigenvalue weighted by molar-refractivity contribution is -0.152. The van der Waals surface area contributed by atoms with E-state index in [1.165, 1.54) is 6.20 Å². The predicted octanol–water partition coefficient (Wildman–Crippen LogP) is 1.96. The molecule has 2 aliphatic rings. The summed E-state index contributed by atoms with van der Waals surface area (Å²) >= 11 is 5.90. The Kier molecular flexibility index (Phi) is 9.80. The molecule has 0 amide bonds. The van der Waals surface area contributed by atoms with Crippen molar-refractivity contribution in [3.05, 3.63) is 11.8 Å². The molecule has 0 unspecified atom stereocenters. The number of piperidine rings is 1. The molecule has 0 aromatic carbocycles. The molecule has 0 aromatic heterocycles. The summed E-state index contributed by atoms with van der Waals surface area (Å²) < 4.78 is 22.1. The van der Waals surface area contributed by atoms with Gasteiger partial charge in [0.05, 0.1) is 13.2 Å². The van der Waals surface area contributed by atoms with Gasteiger partial charge in [0, 0.05) is 12.7 Å². The van der Waals surface area contributed by atoms with E-state index in [0.29, 0.717) is 0 Å². The Morgan fingerprint density at radius 2 is 1.77 bits per heavy atom. The van der Waals surface area contributed by atoms with Crippen LogP contribution in [0.1, 0.15) is 40.5 Å². The zero-order valence-electron chi connectivity index (χ0n) is 18.0. The molecule has 2 saturated heterocycles. The second kappa shape index (κ2) is 11.6. The fraction of sp³-hybridized carbons (Fsp3) is 0.800. The molecule has 10 heteroatoms. The van der Waals surface area contributed by atoms with Gasteiger partial charge in [0.2, 0.25) is 0 Å². The Morgan fingerprint density at radius 3 is 2.33 bits per heavy atom. The molecule has 0 radical (unpaired) electrons. The van der Waals surface area contributed by atoms with Gasteiger partial charge in [-0.25, -0.2) is 9.59 Å². The lowest BCUT2D eigenvalue weighted by atomic mass is 10.0. The molecule has 2 fully saturated rings. The molecule has 2 aliphatic heterocycles. The number of aliphatic hydroxyl groups excluding tert-OH is 1. The Balaban J connectivity index is 2.32. The van der Waals surface area contributed by atoms with Gasteiger partial charge in [-0.2, -0.15) is 12.6 Å². The van der Waals surface area contributed by atoms with Crippen molar-refractivity contribution in [3.8, 4) is 0 Å². The number of thiol groups is 1. The number of carbonyl (C=O) groups is 2. The average molecular weight is 464 g/mol. The Hall–Kier alpha value is -0.940. The van der Waals surface area contributed by atoms with Gasteiger partial charge in [0.1, 0.15) is 23.7 Å². The minimum absolute atomic E-state index is 0.135. The van der Waals surface area contributed by atoms with Gasteiger partial charge < -0.3 is 29.0 Å². The van der Waals surface area contributed by atoms with E-state index in [1.807, 2.05) is 13.8 Å². The maximum absolute atomic E-state index is 12.4. The number of esters is 2. The first-order valence-electron chi connectivity index (χ1n) is 10.3. The molecular formula is C20H33NO7S2. The summed E-state index contributed by atoms with van der Waals surface area (Å²) in [6.45, 7) is 7.41. The van der Waals surface area contributed by atoms with Crippen molar-refractivity contribution in [2.75, 3.05) is 31.3 Å². The second-order valence-corrected chi connectivity index (χ2v) is 9.18. The summed E-state index contributed by atoms with van der Waals surface area (Å²) in [6, 6.07) is 0. The van der Waals surface area contributed by atoms with Crippen LogP contribution < -0.4 is 0 Å². The highest BCUT2D eigenvalue weighted by molar-refractivity contribution is 7.99. The van der Waals surface area contributed by atoms with E-state index < -0.39 is 36.0 Å². The molecule has 0 aromatic rings. The number of ether oxygens (including phenoxy) is 4. The average Bonchev–Trinajstić information content (AvgIpc) is 3.01. The van der Waals surface area contributed by atoms with Gasteiger partial charge in [-0.05, 0) is 52.0 Å². The van der Waals surface area contributed by atoms with Gasteiger partial charge in [0.25, 0.3) is 0 Å². The fourth-order valence-corrected chi connectivity index (χ4v) is 5.03. The van der Waals surface area contributed by atoms with Gasteiger partial charge in [0.15, 0.2) is 11.4 Å². The highest BCUT2D eigenvalue weighted by Gasteiger charge is 2.53. The Labute approximate surface area is 188 Å². The number of β-amino-alcohol motifs (C(OH)–C–C–N with tert-alkyl or cyclic N) is 1. The molecule has 0 spiro atoms. The maximum atomic E-state index is 12.4. The Morgan fingerprint density at radius 1 is 1.17 bits per heavy atom. The summed E-state index contributed by atoms with van der Waals surface area (Å²) in [5.74, 6) is -0.689. The zero-order valence-corrected chi connectivity index (χ0v) is 19.7. The largest absolute Gasteiger partial charge is 0.462 e. The summed E-state index contributed by atoms with van der Waals surface area (Å²) in [5.41, 5.74) is -0.205. The smallest absolute Gasteiger partial charge is 0.347 e. The van der Waals surface area contributed by atoms with E-state index in [9.17, 15) is 14.7 Å². The number of carbonyl (C=O) groups excluding carboxylic acids is 2. The summed E-state index contributed by atoms with van der Waals surface area (Å²) in [7, 11) is 0. The standard InChI is InChI=1S/C20H33NO7S2/c1-5-25-18(23)13(19(24)26-6-2)11-21-12-14(22)15-16(28-20(3,4)27-15)17(21)30-10-8-7-9-29/h11,14-17,22,29H,5-10,12H2,1-4H3/t14-,15-,16-,17+/m1/s1. The molecule has 8 nitrogen and oxygen atoms in total. The first kappa shape index (κ1) is 25.3. The van der Waals surface area contributed by atoms with E-state index in [1.54, 1.807) is 30.5 Å². The first-order chi connectivity index (χ1) is 14.2. The van der Waals surface area contributed by atoms with Crippen LogP contribution in [-0.4, -0.2) is 82.7 Å². The van der Waals surface area contributed by atoms with Crippen molar-refractivity contribution in [1.82, 2.24) is 4.90 Å². The first-order valence-corrected chi connectivity index (χ1v) is 12.0. The number of rotatable bonds is 10. The van der Waals surface area contributed by atoms with Crippen molar-refractivity contribution in [2.45, 2.75) is 70.0 Å². The van der Waals surface area contributed by atoms with Gasteiger partial charge in [-0.15, -0.1) is 11.8 Å². The van der Waals surface area contributed by atoms with E-state index in [-0.39, 0.29) is 30.7 Å². The van der Waals surface area contributed by atoms with Crippen molar-refractivity contribution in [2.24, 2.45) is 0 Å². The van der Waals surface area contributed by atoms with Crippen LogP contribution in [0.5, 0.6) is 0 Å². The number of aliphatic hydroxyl groups is 1. The molecule has 2 heterocycles. The topological polar surface area (TPSA) is 94.5 Å². The number of hydrogen-bond acceptors (Lipinski definition) is 10. The third-order valence-corrected chi connectivity index (χ3v) is 6.40. The highest BCUT2D eigenvalue weighted by Crippen LogP contribution is 2.40. The Bertz CT molecular complexity index is 608. The van der Waals surface area contributed by atoms with Crippen molar-refractivity contribution < 1.29 is 33.6 Å². The minimum atomic E-state index is -0.840. The van der Waals surface area contributed by atoms with Crippen molar-refractivity contribution in [3.63, 3.8) is 0 Å². The normalized spacial score (nSPS) is 27.3. The van der Waals surface area contributed by atoms with Crippen LogP contribution in [-0.2, 0) is 28.5 Å².